The van der Waals surface area contributed by atoms with Crippen LogP contribution in [0, 0.1) is 0 Å². The lowest BCUT2D eigenvalue weighted by Crippen LogP contribution is -2.41. The van der Waals surface area contributed by atoms with Crippen molar-refractivity contribution >= 4 is 40.3 Å². The molecule has 0 saturated carbocycles. The van der Waals surface area contributed by atoms with Crippen LogP contribution >= 0.6 is 11.8 Å². The molecule has 3 N–H and O–H groups in total. The number of nitrogens with one attached hydrogen (secondary N) is 1. The molecule has 34 heavy (non-hydrogen) atoms. The number of aromatic amines is 1. The molecule has 0 fully saturated rings. The number of thioether (sulfide) groups is 1. The fourth-order valence-electron chi connectivity index (χ4n) is 3.55. The van der Waals surface area contributed by atoms with E-state index in [1.807, 2.05) is 55.5 Å². The van der Waals surface area contributed by atoms with Crippen molar-refractivity contribution in [2.45, 2.75) is 38.1 Å². The third-order valence-corrected chi connectivity index (χ3v) is 6.11. The van der Waals surface area contributed by atoms with Gasteiger partial charge in [-0.15, -0.1) is 0 Å². The Balaban J connectivity index is 1.67. The molecule has 0 radical (unpaired) electrons. The van der Waals surface area contributed by atoms with Crippen LogP contribution in [0.1, 0.15) is 25.3 Å². The molecule has 0 atom stereocenters. The number of carbonyl (C=O) groups is 1. The molecule has 4 aromatic rings. The largest absolute Gasteiger partial charge is 0.431 e. The third-order valence-electron chi connectivity index (χ3n) is 5.30. The van der Waals surface area contributed by atoms with Crippen molar-refractivity contribution in [1.29, 1.82) is 0 Å². The summed E-state index contributed by atoms with van der Waals surface area (Å²) < 4.78 is 7.00. The van der Waals surface area contributed by atoms with Crippen molar-refractivity contribution in [3.8, 4) is 0 Å². The SMILES string of the molecule is CCCCn1c(N)c(N(Cc2ccccc2)C(=O)CSc2nc3ccccc3o2)c(=O)[nH]c1=O. The minimum absolute atomic E-state index is 0.0293. The van der Waals surface area contributed by atoms with Crippen LogP contribution in [-0.4, -0.2) is 26.2 Å². The average Bonchev–Trinajstić information content (AvgIpc) is 3.25. The molecule has 0 saturated heterocycles. The number of hydrogen-bond acceptors (Lipinski definition) is 7. The maximum absolute atomic E-state index is 13.4. The highest BCUT2D eigenvalue weighted by molar-refractivity contribution is 7.99. The number of fused-ring (bicyclic) bond motifs is 1. The van der Waals surface area contributed by atoms with Crippen molar-refractivity contribution < 1.29 is 9.21 Å². The first kappa shape index (κ1) is 23.4. The number of hydrogen-bond donors (Lipinski definition) is 2. The summed E-state index contributed by atoms with van der Waals surface area (Å²) in [5.74, 6) is -0.431. The first-order valence-electron chi connectivity index (χ1n) is 10.9. The van der Waals surface area contributed by atoms with E-state index < -0.39 is 11.2 Å². The van der Waals surface area contributed by atoms with E-state index in [0.29, 0.717) is 29.3 Å². The van der Waals surface area contributed by atoms with Gasteiger partial charge in [0.05, 0.1) is 12.3 Å². The number of amides is 1. The second kappa shape index (κ2) is 10.4. The Labute approximate surface area is 199 Å². The summed E-state index contributed by atoms with van der Waals surface area (Å²) in [5.41, 5.74) is 7.09. The zero-order valence-electron chi connectivity index (χ0n) is 18.7. The van der Waals surface area contributed by atoms with Crippen LogP contribution < -0.4 is 21.9 Å². The first-order chi connectivity index (χ1) is 16.5. The molecule has 176 valence electrons. The molecule has 2 aromatic heterocycles. The lowest BCUT2D eigenvalue weighted by atomic mass is 10.2. The van der Waals surface area contributed by atoms with Crippen molar-refractivity contribution in [2.24, 2.45) is 0 Å². The standard InChI is InChI=1S/C24H25N5O4S/c1-2-3-13-28-21(25)20(22(31)27-23(28)32)29(14-16-9-5-4-6-10-16)19(30)15-34-24-26-17-11-7-8-12-18(17)33-24/h4-12H,2-3,13-15,25H2,1H3,(H,27,31,32). The molecule has 0 aliphatic heterocycles. The van der Waals surface area contributed by atoms with Gasteiger partial charge in [-0.25, -0.2) is 9.78 Å². The fourth-order valence-corrected chi connectivity index (χ4v) is 4.26. The molecule has 0 spiro atoms. The second-order valence-electron chi connectivity index (χ2n) is 7.70. The Bertz CT molecular complexity index is 1380. The normalized spacial score (nSPS) is 11.1. The third kappa shape index (κ3) is 5.07. The number of para-hydroxylation sites is 2. The number of oxazole rings is 1. The van der Waals surface area contributed by atoms with E-state index in [1.54, 1.807) is 6.07 Å². The first-order valence-corrected chi connectivity index (χ1v) is 11.9. The van der Waals surface area contributed by atoms with Gasteiger partial charge in [-0.3, -0.25) is 24.0 Å². The molecule has 9 nitrogen and oxygen atoms in total. The molecule has 2 aromatic carbocycles. The highest BCUT2D eigenvalue weighted by Crippen LogP contribution is 2.26. The number of nitrogens with zero attached hydrogens (tertiary/aromatic N) is 3. The van der Waals surface area contributed by atoms with Gasteiger partial charge in [0.1, 0.15) is 11.3 Å². The quantitative estimate of drug-likeness (QED) is 0.352. The van der Waals surface area contributed by atoms with Gasteiger partial charge in [0.2, 0.25) is 5.91 Å². The summed E-state index contributed by atoms with van der Waals surface area (Å²) >= 11 is 1.13. The fraction of sp³-hybridized carbons (Fsp3) is 0.250. The van der Waals surface area contributed by atoms with Crippen molar-refractivity contribution in [1.82, 2.24) is 14.5 Å². The van der Waals surface area contributed by atoms with E-state index in [2.05, 4.69) is 9.97 Å². The van der Waals surface area contributed by atoms with Gasteiger partial charge in [-0.1, -0.05) is 67.6 Å². The second-order valence-corrected chi connectivity index (χ2v) is 8.63. The summed E-state index contributed by atoms with van der Waals surface area (Å²) in [6.45, 7) is 2.45. The molecule has 10 heteroatoms. The van der Waals surface area contributed by atoms with Crippen LogP contribution in [-0.2, 0) is 17.9 Å². The van der Waals surface area contributed by atoms with Gasteiger partial charge in [-0.05, 0) is 24.1 Å². The summed E-state index contributed by atoms with van der Waals surface area (Å²) in [4.78, 5) is 46.6. The summed E-state index contributed by atoms with van der Waals surface area (Å²) in [6.07, 6.45) is 1.55. The molecule has 1 amide bonds. The van der Waals surface area contributed by atoms with E-state index in [0.717, 1.165) is 23.7 Å². The van der Waals surface area contributed by atoms with E-state index in [-0.39, 0.29) is 29.7 Å². The Morgan fingerprint density at radius 2 is 1.88 bits per heavy atom. The van der Waals surface area contributed by atoms with Crippen molar-refractivity contribution in [2.75, 3.05) is 16.4 Å². The number of benzene rings is 2. The van der Waals surface area contributed by atoms with E-state index in [1.165, 1.54) is 9.47 Å². The van der Waals surface area contributed by atoms with E-state index >= 15 is 0 Å². The predicted octanol–water partition coefficient (Wildman–Crippen LogP) is 3.39. The Kier molecular flexibility index (Phi) is 7.17. The molecule has 0 bridgehead atoms. The highest BCUT2D eigenvalue weighted by atomic mass is 32.2. The predicted molar refractivity (Wildman–Crippen MR) is 133 cm³/mol. The summed E-state index contributed by atoms with van der Waals surface area (Å²) in [5, 5.41) is 0.351. The van der Waals surface area contributed by atoms with Crippen LogP contribution in [0.25, 0.3) is 11.1 Å². The monoisotopic (exact) mass is 479 g/mol. The highest BCUT2D eigenvalue weighted by Gasteiger charge is 2.25. The molecule has 0 unspecified atom stereocenters. The maximum atomic E-state index is 13.4. The molecular weight excluding hydrogens is 454 g/mol. The Morgan fingerprint density at radius 1 is 1.15 bits per heavy atom. The molecule has 2 heterocycles. The molecular formula is C24H25N5O4S. The van der Waals surface area contributed by atoms with Gasteiger partial charge in [0, 0.05) is 6.54 Å². The number of aromatic nitrogens is 3. The summed E-state index contributed by atoms with van der Waals surface area (Å²) in [6, 6.07) is 16.6. The van der Waals surface area contributed by atoms with Crippen molar-refractivity contribution in [3.05, 3.63) is 81.0 Å². The van der Waals surface area contributed by atoms with E-state index in [9.17, 15) is 14.4 Å². The Morgan fingerprint density at radius 3 is 2.62 bits per heavy atom. The number of nitrogens with two attached hydrogens (primary N) is 1. The Hall–Kier alpha value is -3.79. The topological polar surface area (TPSA) is 127 Å². The zero-order chi connectivity index (χ0) is 24.1. The van der Waals surface area contributed by atoms with Crippen LogP contribution in [0.2, 0.25) is 0 Å². The molecule has 4 rings (SSSR count). The van der Waals surface area contributed by atoms with Crippen LogP contribution in [0.3, 0.4) is 0 Å². The van der Waals surface area contributed by atoms with E-state index in [4.69, 9.17) is 10.2 Å². The molecule has 0 aliphatic carbocycles. The number of carbonyl (C=O) groups excluding carboxylic acids is 1. The number of unbranched alkanes of at least 4 members (excludes halogenated alkanes) is 1. The minimum Gasteiger partial charge on any atom is -0.431 e. The minimum atomic E-state index is -0.702. The van der Waals surface area contributed by atoms with Gasteiger partial charge in [0.25, 0.3) is 10.8 Å². The average molecular weight is 480 g/mol. The van der Waals surface area contributed by atoms with Gasteiger partial charge in [-0.2, -0.15) is 0 Å². The van der Waals surface area contributed by atoms with Gasteiger partial charge in [0.15, 0.2) is 11.3 Å². The van der Waals surface area contributed by atoms with Crippen LogP contribution in [0.5, 0.6) is 0 Å². The number of rotatable bonds is 9. The van der Waals surface area contributed by atoms with Crippen LogP contribution in [0.15, 0.2) is 73.8 Å². The lowest BCUT2D eigenvalue weighted by Gasteiger charge is -2.24. The number of H-pyrrole nitrogens is 1. The summed E-state index contributed by atoms with van der Waals surface area (Å²) in [7, 11) is 0. The van der Waals surface area contributed by atoms with Crippen molar-refractivity contribution in [3.63, 3.8) is 0 Å². The smallest absolute Gasteiger partial charge is 0.330 e. The van der Waals surface area contributed by atoms with Gasteiger partial charge >= 0.3 is 5.69 Å². The maximum Gasteiger partial charge on any atom is 0.330 e. The number of nitrogen functional groups attached to an aromatic ring is 1. The number of anilines is 2. The van der Waals surface area contributed by atoms with Gasteiger partial charge < -0.3 is 10.2 Å². The molecule has 0 aliphatic rings. The lowest BCUT2D eigenvalue weighted by molar-refractivity contribution is -0.116. The zero-order valence-corrected chi connectivity index (χ0v) is 19.5. The van der Waals surface area contributed by atoms with Crippen LogP contribution in [0.4, 0.5) is 11.5 Å².